The molecule has 1 N–H and O–H groups in total. The predicted octanol–water partition coefficient (Wildman–Crippen LogP) is 3.19. The summed E-state index contributed by atoms with van der Waals surface area (Å²) >= 11 is 0. The number of carbonyl (C=O) groups excluding carboxylic acids is 1. The molecule has 2 rings (SSSR count). The van der Waals surface area contributed by atoms with E-state index in [-0.39, 0.29) is 27.6 Å². The molecule has 0 unspecified atom stereocenters. The van der Waals surface area contributed by atoms with Crippen molar-refractivity contribution in [2.24, 2.45) is 0 Å². The number of nitrogens with zero attached hydrogens (tertiary/aromatic N) is 2. The Labute approximate surface area is 169 Å². The second kappa shape index (κ2) is 9.01. The van der Waals surface area contributed by atoms with Crippen LogP contribution >= 0.6 is 0 Å². The van der Waals surface area contributed by atoms with Gasteiger partial charge in [0.05, 0.1) is 22.6 Å². The van der Waals surface area contributed by atoms with E-state index in [0.29, 0.717) is 18.7 Å². The van der Waals surface area contributed by atoms with Gasteiger partial charge in [-0.1, -0.05) is 19.9 Å². The van der Waals surface area contributed by atoms with Crippen molar-refractivity contribution < 1.29 is 22.9 Å². The standard InChI is InChI=1S/C19H23N3O6S/c1-5-21(6-2)29(26,27)15-9-10-18(28-4)16(12-15)20-19(23)14-8-7-13(3)17(11-14)22(24)25/h7-12H,5-6H2,1-4H3,(H,20,23). The summed E-state index contributed by atoms with van der Waals surface area (Å²) in [4.78, 5) is 23.2. The number of rotatable bonds is 8. The average Bonchev–Trinajstić information content (AvgIpc) is 2.68. The number of anilines is 1. The lowest BCUT2D eigenvalue weighted by Gasteiger charge is -2.19. The number of nitro groups is 1. The SMILES string of the molecule is CCN(CC)S(=O)(=O)c1ccc(OC)c(NC(=O)c2ccc(C)c([N+](=O)[O-])c2)c1. The molecular formula is C19H23N3O6S. The molecule has 10 heteroatoms. The van der Waals surface area contributed by atoms with Crippen LogP contribution in [0.3, 0.4) is 0 Å². The highest BCUT2D eigenvalue weighted by atomic mass is 32.2. The van der Waals surface area contributed by atoms with E-state index in [0.717, 1.165) is 0 Å². The highest BCUT2D eigenvalue weighted by molar-refractivity contribution is 7.89. The molecule has 0 heterocycles. The molecule has 0 fully saturated rings. The quantitative estimate of drug-likeness (QED) is 0.516. The lowest BCUT2D eigenvalue weighted by molar-refractivity contribution is -0.385. The number of carbonyl (C=O) groups is 1. The Morgan fingerprint density at radius 2 is 1.83 bits per heavy atom. The van der Waals surface area contributed by atoms with E-state index < -0.39 is 20.9 Å². The van der Waals surface area contributed by atoms with E-state index in [4.69, 9.17) is 4.74 Å². The molecule has 0 aliphatic rings. The molecule has 29 heavy (non-hydrogen) atoms. The number of benzene rings is 2. The number of aryl methyl sites for hydroxylation is 1. The Bertz CT molecular complexity index is 1030. The summed E-state index contributed by atoms with van der Waals surface area (Å²) in [5.41, 5.74) is 0.467. The molecule has 0 atom stereocenters. The molecule has 2 aromatic rings. The van der Waals surface area contributed by atoms with Crippen LogP contribution in [0.25, 0.3) is 0 Å². The number of amides is 1. The summed E-state index contributed by atoms with van der Waals surface area (Å²) in [6.07, 6.45) is 0. The molecule has 156 valence electrons. The number of ether oxygens (including phenoxy) is 1. The first kappa shape index (κ1) is 22.3. The number of hydrogen-bond donors (Lipinski definition) is 1. The number of sulfonamides is 1. The topological polar surface area (TPSA) is 119 Å². The summed E-state index contributed by atoms with van der Waals surface area (Å²) in [7, 11) is -2.35. The van der Waals surface area contributed by atoms with Crippen LogP contribution in [0.1, 0.15) is 29.8 Å². The van der Waals surface area contributed by atoms with E-state index in [1.807, 2.05) is 0 Å². The van der Waals surface area contributed by atoms with Crippen LogP contribution in [-0.4, -0.2) is 43.8 Å². The normalized spacial score (nSPS) is 11.3. The Hall–Kier alpha value is -2.98. The largest absolute Gasteiger partial charge is 0.495 e. The van der Waals surface area contributed by atoms with Crippen LogP contribution in [0.5, 0.6) is 5.75 Å². The van der Waals surface area contributed by atoms with Crippen LogP contribution < -0.4 is 10.1 Å². The predicted molar refractivity (Wildman–Crippen MR) is 109 cm³/mol. The minimum Gasteiger partial charge on any atom is -0.495 e. The third kappa shape index (κ3) is 4.72. The van der Waals surface area contributed by atoms with Gasteiger partial charge in [0, 0.05) is 30.3 Å². The monoisotopic (exact) mass is 421 g/mol. The van der Waals surface area contributed by atoms with Crippen LogP contribution in [0.2, 0.25) is 0 Å². The minimum atomic E-state index is -3.74. The number of nitrogens with one attached hydrogen (secondary N) is 1. The Morgan fingerprint density at radius 1 is 1.17 bits per heavy atom. The lowest BCUT2D eigenvalue weighted by atomic mass is 10.1. The first-order valence-electron chi connectivity index (χ1n) is 8.90. The maximum Gasteiger partial charge on any atom is 0.273 e. The van der Waals surface area contributed by atoms with E-state index in [9.17, 15) is 23.3 Å². The first-order chi connectivity index (χ1) is 13.6. The zero-order valence-electron chi connectivity index (χ0n) is 16.6. The number of nitro benzene ring substituents is 1. The van der Waals surface area contributed by atoms with Crippen molar-refractivity contribution in [2.75, 3.05) is 25.5 Å². The highest BCUT2D eigenvalue weighted by Crippen LogP contribution is 2.30. The van der Waals surface area contributed by atoms with Crippen molar-refractivity contribution in [2.45, 2.75) is 25.7 Å². The molecule has 9 nitrogen and oxygen atoms in total. The van der Waals surface area contributed by atoms with Crippen molar-refractivity contribution >= 4 is 27.3 Å². The summed E-state index contributed by atoms with van der Waals surface area (Å²) in [6, 6.07) is 8.27. The summed E-state index contributed by atoms with van der Waals surface area (Å²) in [5.74, 6) is -0.359. The van der Waals surface area contributed by atoms with E-state index >= 15 is 0 Å². The summed E-state index contributed by atoms with van der Waals surface area (Å²) in [5, 5.41) is 13.7. The Morgan fingerprint density at radius 3 is 2.38 bits per heavy atom. The number of hydrogen-bond acceptors (Lipinski definition) is 6. The molecule has 0 aliphatic carbocycles. The zero-order valence-corrected chi connectivity index (χ0v) is 17.4. The number of methoxy groups -OCH3 is 1. The fourth-order valence-electron chi connectivity index (χ4n) is 2.80. The Kier molecular flexibility index (Phi) is 6.93. The van der Waals surface area contributed by atoms with Gasteiger partial charge in [-0.3, -0.25) is 14.9 Å². The molecule has 0 spiro atoms. The highest BCUT2D eigenvalue weighted by Gasteiger charge is 2.24. The van der Waals surface area contributed by atoms with Gasteiger partial charge in [-0.15, -0.1) is 0 Å². The fraction of sp³-hybridized carbons (Fsp3) is 0.316. The van der Waals surface area contributed by atoms with Gasteiger partial charge in [-0.05, 0) is 31.2 Å². The molecule has 0 bridgehead atoms. The molecule has 0 aliphatic heterocycles. The third-order valence-corrected chi connectivity index (χ3v) is 6.48. The third-order valence-electron chi connectivity index (χ3n) is 4.43. The maximum atomic E-state index is 12.8. The van der Waals surface area contributed by atoms with Gasteiger partial charge in [-0.2, -0.15) is 4.31 Å². The van der Waals surface area contributed by atoms with Gasteiger partial charge in [0.25, 0.3) is 11.6 Å². The lowest BCUT2D eigenvalue weighted by Crippen LogP contribution is -2.30. The maximum absolute atomic E-state index is 12.8. The van der Waals surface area contributed by atoms with Gasteiger partial charge in [-0.25, -0.2) is 8.42 Å². The van der Waals surface area contributed by atoms with Crippen LogP contribution in [0.15, 0.2) is 41.3 Å². The fourth-order valence-corrected chi connectivity index (χ4v) is 4.28. The van der Waals surface area contributed by atoms with Gasteiger partial charge in [0.1, 0.15) is 5.75 Å². The van der Waals surface area contributed by atoms with Crippen LogP contribution in [0, 0.1) is 17.0 Å². The molecule has 0 radical (unpaired) electrons. The van der Waals surface area contributed by atoms with Crippen molar-refractivity contribution in [1.82, 2.24) is 4.31 Å². The summed E-state index contributed by atoms with van der Waals surface area (Å²) in [6.45, 7) is 5.65. The molecule has 0 saturated heterocycles. The second-order valence-electron chi connectivity index (χ2n) is 6.16. The molecule has 0 aromatic heterocycles. The molecule has 1 amide bonds. The van der Waals surface area contributed by atoms with Gasteiger partial charge >= 0.3 is 0 Å². The molecule has 2 aromatic carbocycles. The van der Waals surface area contributed by atoms with Gasteiger partial charge in [0.15, 0.2) is 0 Å². The second-order valence-corrected chi connectivity index (χ2v) is 8.10. The van der Waals surface area contributed by atoms with Crippen molar-refractivity contribution in [3.63, 3.8) is 0 Å². The van der Waals surface area contributed by atoms with Crippen molar-refractivity contribution in [1.29, 1.82) is 0 Å². The smallest absolute Gasteiger partial charge is 0.273 e. The minimum absolute atomic E-state index is 0.00665. The van der Waals surface area contributed by atoms with Crippen molar-refractivity contribution in [3.05, 3.63) is 57.6 Å². The van der Waals surface area contributed by atoms with Crippen LogP contribution in [0.4, 0.5) is 11.4 Å². The van der Waals surface area contributed by atoms with Gasteiger partial charge in [0.2, 0.25) is 10.0 Å². The molecular weight excluding hydrogens is 398 g/mol. The van der Waals surface area contributed by atoms with Crippen molar-refractivity contribution in [3.8, 4) is 5.75 Å². The summed E-state index contributed by atoms with van der Waals surface area (Å²) < 4.78 is 32.0. The zero-order chi connectivity index (χ0) is 21.8. The first-order valence-corrected chi connectivity index (χ1v) is 10.3. The van der Waals surface area contributed by atoms with E-state index in [1.54, 1.807) is 20.8 Å². The van der Waals surface area contributed by atoms with E-state index in [2.05, 4.69) is 5.32 Å². The molecule has 0 saturated carbocycles. The van der Waals surface area contributed by atoms with Crippen LogP contribution in [-0.2, 0) is 10.0 Å². The van der Waals surface area contributed by atoms with Gasteiger partial charge < -0.3 is 10.1 Å². The van der Waals surface area contributed by atoms with E-state index in [1.165, 1.54) is 47.8 Å². The Balaban J connectivity index is 2.43. The average molecular weight is 421 g/mol.